The van der Waals surface area contributed by atoms with Crippen molar-refractivity contribution in [2.45, 2.75) is 57.6 Å². The fourth-order valence-corrected chi connectivity index (χ4v) is 2.45. The molecular weight excluding hydrogens is 210 g/mol. The van der Waals surface area contributed by atoms with E-state index >= 15 is 0 Å². The zero-order chi connectivity index (χ0) is 12.1. The van der Waals surface area contributed by atoms with Gasteiger partial charge in [0.05, 0.1) is 6.10 Å². The third-order valence-electron chi connectivity index (χ3n) is 3.34. The first-order valence-electron chi connectivity index (χ1n) is 6.75. The zero-order valence-corrected chi connectivity index (χ0v) is 10.7. The maximum atomic E-state index is 5.98. The Morgan fingerprint density at radius 3 is 2.41 bits per heavy atom. The van der Waals surface area contributed by atoms with Gasteiger partial charge in [-0.05, 0) is 56.7 Å². The molecule has 1 unspecified atom stereocenters. The van der Waals surface area contributed by atoms with Gasteiger partial charge in [0.25, 0.3) is 0 Å². The van der Waals surface area contributed by atoms with Crippen molar-refractivity contribution in [3.05, 3.63) is 29.8 Å². The van der Waals surface area contributed by atoms with Crippen molar-refractivity contribution in [3.8, 4) is 5.75 Å². The molecule has 0 spiro atoms. The van der Waals surface area contributed by atoms with Crippen LogP contribution in [-0.4, -0.2) is 12.1 Å². The highest BCUT2D eigenvalue weighted by molar-refractivity contribution is 5.28. The lowest BCUT2D eigenvalue weighted by atomic mass is 9.98. The minimum absolute atomic E-state index is 0.222. The zero-order valence-electron chi connectivity index (χ0n) is 10.7. The highest BCUT2D eigenvalue weighted by Gasteiger charge is 2.14. The second-order valence-electron chi connectivity index (χ2n) is 5.20. The minimum atomic E-state index is 0.222. The van der Waals surface area contributed by atoms with Crippen molar-refractivity contribution in [2.75, 3.05) is 0 Å². The molecule has 1 aliphatic carbocycles. The smallest absolute Gasteiger partial charge is 0.119 e. The van der Waals surface area contributed by atoms with Gasteiger partial charge in [-0.1, -0.05) is 18.6 Å². The van der Waals surface area contributed by atoms with Gasteiger partial charge in [-0.2, -0.15) is 0 Å². The molecule has 2 heteroatoms. The third kappa shape index (κ3) is 4.04. The average Bonchev–Trinajstić information content (AvgIpc) is 2.32. The van der Waals surface area contributed by atoms with Crippen molar-refractivity contribution in [1.29, 1.82) is 0 Å². The summed E-state index contributed by atoms with van der Waals surface area (Å²) >= 11 is 0. The molecule has 17 heavy (non-hydrogen) atoms. The Balaban J connectivity index is 1.88. The van der Waals surface area contributed by atoms with Crippen molar-refractivity contribution < 1.29 is 4.74 Å². The van der Waals surface area contributed by atoms with E-state index in [0.717, 1.165) is 12.2 Å². The van der Waals surface area contributed by atoms with Gasteiger partial charge in [-0.25, -0.2) is 0 Å². The molecule has 0 saturated heterocycles. The first-order valence-corrected chi connectivity index (χ1v) is 6.75. The fraction of sp³-hybridized carbons (Fsp3) is 0.600. The van der Waals surface area contributed by atoms with Crippen LogP contribution in [0.5, 0.6) is 5.75 Å². The Bertz CT molecular complexity index is 325. The normalized spacial score (nSPS) is 18.9. The van der Waals surface area contributed by atoms with Crippen LogP contribution in [0.3, 0.4) is 0 Å². The van der Waals surface area contributed by atoms with Crippen LogP contribution >= 0.6 is 0 Å². The highest BCUT2D eigenvalue weighted by atomic mass is 16.5. The van der Waals surface area contributed by atoms with Crippen LogP contribution in [-0.2, 0) is 6.42 Å². The molecule has 0 heterocycles. The van der Waals surface area contributed by atoms with Gasteiger partial charge in [-0.3, -0.25) is 0 Å². The topological polar surface area (TPSA) is 35.2 Å². The molecule has 94 valence electrons. The first-order chi connectivity index (χ1) is 8.24. The second-order valence-corrected chi connectivity index (χ2v) is 5.20. The van der Waals surface area contributed by atoms with Gasteiger partial charge in [0, 0.05) is 6.04 Å². The van der Waals surface area contributed by atoms with Gasteiger partial charge in [0.1, 0.15) is 5.75 Å². The summed E-state index contributed by atoms with van der Waals surface area (Å²) < 4.78 is 5.98. The van der Waals surface area contributed by atoms with E-state index in [4.69, 9.17) is 10.5 Å². The Hall–Kier alpha value is -1.02. The average molecular weight is 233 g/mol. The molecule has 2 N–H and O–H groups in total. The van der Waals surface area contributed by atoms with Gasteiger partial charge >= 0.3 is 0 Å². The maximum absolute atomic E-state index is 5.98. The monoisotopic (exact) mass is 233 g/mol. The third-order valence-corrected chi connectivity index (χ3v) is 3.34. The van der Waals surface area contributed by atoms with Crippen LogP contribution in [0.1, 0.15) is 44.6 Å². The predicted octanol–water partition coefficient (Wildman–Crippen LogP) is 3.29. The summed E-state index contributed by atoms with van der Waals surface area (Å²) in [4.78, 5) is 0. The number of hydrogen-bond donors (Lipinski definition) is 1. The maximum Gasteiger partial charge on any atom is 0.119 e. The van der Waals surface area contributed by atoms with Crippen molar-refractivity contribution in [2.24, 2.45) is 5.73 Å². The Labute approximate surface area is 104 Å². The molecular formula is C15H23NO. The summed E-state index contributed by atoms with van der Waals surface area (Å²) in [6, 6.07) is 8.63. The molecule has 0 aliphatic heterocycles. The van der Waals surface area contributed by atoms with Crippen LogP contribution in [0.4, 0.5) is 0 Å². The van der Waals surface area contributed by atoms with Gasteiger partial charge in [0.15, 0.2) is 0 Å². The summed E-state index contributed by atoms with van der Waals surface area (Å²) in [5, 5.41) is 0. The number of nitrogens with two attached hydrogens (primary N) is 1. The van der Waals surface area contributed by atoms with E-state index in [0.29, 0.717) is 6.10 Å². The lowest BCUT2D eigenvalue weighted by Gasteiger charge is -2.23. The highest BCUT2D eigenvalue weighted by Crippen LogP contribution is 2.23. The largest absolute Gasteiger partial charge is 0.490 e. The summed E-state index contributed by atoms with van der Waals surface area (Å²) in [5.74, 6) is 1.00. The molecule has 1 fully saturated rings. The van der Waals surface area contributed by atoms with Crippen molar-refractivity contribution in [3.63, 3.8) is 0 Å². The minimum Gasteiger partial charge on any atom is -0.490 e. The Morgan fingerprint density at radius 2 is 1.82 bits per heavy atom. The SMILES string of the molecule is CC(N)Cc1ccc(OC2CCCCC2)cc1. The van der Waals surface area contributed by atoms with Gasteiger partial charge in [-0.15, -0.1) is 0 Å². The van der Waals surface area contributed by atoms with E-state index in [1.165, 1.54) is 37.7 Å². The van der Waals surface area contributed by atoms with E-state index in [1.54, 1.807) is 0 Å². The van der Waals surface area contributed by atoms with Crippen molar-refractivity contribution in [1.82, 2.24) is 0 Å². The van der Waals surface area contributed by atoms with Crippen LogP contribution in [0.25, 0.3) is 0 Å². The first kappa shape index (κ1) is 12.4. The molecule has 0 aromatic heterocycles. The fourth-order valence-electron chi connectivity index (χ4n) is 2.45. The summed E-state index contributed by atoms with van der Waals surface area (Å²) in [7, 11) is 0. The van der Waals surface area contributed by atoms with E-state index < -0.39 is 0 Å². The lowest BCUT2D eigenvalue weighted by molar-refractivity contribution is 0.155. The number of benzene rings is 1. The molecule has 0 radical (unpaired) electrons. The molecule has 1 aromatic carbocycles. The van der Waals surface area contributed by atoms with E-state index in [-0.39, 0.29) is 6.04 Å². The molecule has 1 aromatic rings. The summed E-state index contributed by atoms with van der Waals surface area (Å²) in [5.41, 5.74) is 7.07. The molecule has 0 bridgehead atoms. The Morgan fingerprint density at radius 1 is 1.18 bits per heavy atom. The lowest BCUT2D eigenvalue weighted by Crippen LogP contribution is -2.19. The van der Waals surface area contributed by atoms with E-state index in [9.17, 15) is 0 Å². The second kappa shape index (κ2) is 6.06. The predicted molar refractivity (Wildman–Crippen MR) is 71.3 cm³/mol. The van der Waals surface area contributed by atoms with Crippen LogP contribution in [0.2, 0.25) is 0 Å². The molecule has 1 atom stereocenters. The number of ether oxygens (including phenoxy) is 1. The number of hydrogen-bond acceptors (Lipinski definition) is 2. The Kier molecular flexibility index (Phi) is 4.43. The standard InChI is InChI=1S/C15H23NO/c1-12(16)11-13-7-9-15(10-8-13)17-14-5-3-2-4-6-14/h7-10,12,14H,2-6,11,16H2,1H3. The van der Waals surface area contributed by atoms with Crippen LogP contribution < -0.4 is 10.5 Å². The molecule has 2 rings (SSSR count). The van der Waals surface area contributed by atoms with Crippen molar-refractivity contribution >= 4 is 0 Å². The van der Waals surface area contributed by atoms with Gasteiger partial charge in [0.2, 0.25) is 0 Å². The molecule has 0 amide bonds. The molecule has 1 aliphatic rings. The van der Waals surface area contributed by atoms with E-state index in [1.807, 2.05) is 6.92 Å². The quantitative estimate of drug-likeness (QED) is 0.866. The molecule has 2 nitrogen and oxygen atoms in total. The number of rotatable bonds is 4. The van der Waals surface area contributed by atoms with Crippen LogP contribution in [0, 0.1) is 0 Å². The van der Waals surface area contributed by atoms with Crippen LogP contribution in [0.15, 0.2) is 24.3 Å². The summed E-state index contributed by atoms with van der Waals surface area (Å²) in [6.07, 6.45) is 7.78. The van der Waals surface area contributed by atoms with E-state index in [2.05, 4.69) is 24.3 Å². The molecule has 1 saturated carbocycles. The van der Waals surface area contributed by atoms with Gasteiger partial charge < -0.3 is 10.5 Å². The summed E-state index contributed by atoms with van der Waals surface area (Å²) in [6.45, 7) is 2.03.